The van der Waals surface area contributed by atoms with E-state index in [1.54, 1.807) is 0 Å². The van der Waals surface area contributed by atoms with E-state index in [9.17, 15) is 0 Å². The highest BCUT2D eigenvalue weighted by Gasteiger charge is 1.99. The predicted octanol–water partition coefficient (Wildman–Crippen LogP) is 3.01. The van der Waals surface area contributed by atoms with Gasteiger partial charge in [0, 0.05) is 18.8 Å². The molecule has 0 fully saturated rings. The van der Waals surface area contributed by atoms with Crippen LogP contribution in [0, 0.1) is 0 Å². The van der Waals surface area contributed by atoms with Crippen molar-refractivity contribution in [2.45, 2.75) is 47.0 Å². The van der Waals surface area contributed by atoms with Gasteiger partial charge in [-0.3, -0.25) is 0 Å². The number of hydrogen-bond acceptors (Lipinski definition) is 2. The van der Waals surface area contributed by atoms with Gasteiger partial charge in [-0.05, 0) is 25.9 Å². The fourth-order valence-electron chi connectivity index (χ4n) is 1.69. The summed E-state index contributed by atoms with van der Waals surface area (Å²) in [5.41, 5.74) is 1.42. The molecule has 2 heteroatoms. The fourth-order valence-corrected chi connectivity index (χ4v) is 1.69. The topological polar surface area (TPSA) is 15.3 Å². The SMILES string of the molecule is CC/C=C(/CCC)NCCN(CC)CC. The average molecular weight is 212 g/mol. The molecule has 0 aliphatic carbocycles. The monoisotopic (exact) mass is 212 g/mol. The van der Waals surface area contributed by atoms with E-state index in [2.05, 4.69) is 44.0 Å². The van der Waals surface area contributed by atoms with Gasteiger partial charge in [0.05, 0.1) is 0 Å². The largest absolute Gasteiger partial charge is 0.387 e. The molecule has 0 unspecified atom stereocenters. The molecule has 90 valence electrons. The first kappa shape index (κ1) is 14.5. The summed E-state index contributed by atoms with van der Waals surface area (Å²) in [5, 5.41) is 3.54. The van der Waals surface area contributed by atoms with Gasteiger partial charge >= 0.3 is 0 Å². The zero-order valence-electron chi connectivity index (χ0n) is 11.0. The molecule has 0 heterocycles. The van der Waals surface area contributed by atoms with Crippen LogP contribution in [0.5, 0.6) is 0 Å². The first-order valence-electron chi connectivity index (χ1n) is 6.43. The Morgan fingerprint density at radius 1 is 1.13 bits per heavy atom. The van der Waals surface area contributed by atoms with Crippen LogP contribution in [0.1, 0.15) is 47.0 Å². The van der Waals surface area contributed by atoms with Crippen LogP contribution in [0.2, 0.25) is 0 Å². The van der Waals surface area contributed by atoms with Gasteiger partial charge < -0.3 is 10.2 Å². The second kappa shape index (κ2) is 10.0. The summed E-state index contributed by atoms with van der Waals surface area (Å²) in [6.45, 7) is 13.4. The van der Waals surface area contributed by atoms with Crippen LogP contribution in [-0.4, -0.2) is 31.1 Å². The lowest BCUT2D eigenvalue weighted by atomic mass is 10.2. The first-order chi connectivity index (χ1) is 7.28. The van der Waals surface area contributed by atoms with Crippen LogP contribution in [0.15, 0.2) is 11.8 Å². The van der Waals surface area contributed by atoms with E-state index in [0.29, 0.717) is 0 Å². The third-order valence-corrected chi connectivity index (χ3v) is 2.64. The van der Waals surface area contributed by atoms with E-state index < -0.39 is 0 Å². The van der Waals surface area contributed by atoms with Crippen molar-refractivity contribution in [2.75, 3.05) is 26.2 Å². The molecular weight excluding hydrogens is 184 g/mol. The Morgan fingerprint density at radius 3 is 2.27 bits per heavy atom. The van der Waals surface area contributed by atoms with Gasteiger partial charge in [-0.2, -0.15) is 0 Å². The van der Waals surface area contributed by atoms with Gasteiger partial charge in [-0.15, -0.1) is 0 Å². The van der Waals surface area contributed by atoms with Crippen LogP contribution in [-0.2, 0) is 0 Å². The lowest BCUT2D eigenvalue weighted by Crippen LogP contribution is -2.31. The average Bonchev–Trinajstić information content (AvgIpc) is 2.25. The van der Waals surface area contributed by atoms with Crippen LogP contribution in [0.3, 0.4) is 0 Å². The van der Waals surface area contributed by atoms with Crippen molar-refractivity contribution in [1.82, 2.24) is 10.2 Å². The van der Waals surface area contributed by atoms with Gasteiger partial charge in [0.2, 0.25) is 0 Å². The number of nitrogens with one attached hydrogen (secondary N) is 1. The zero-order valence-corrected chi connectivity index (χ0v) is 11.0. The Labute approximate surface area is 95.7 Å². The molecule has 0 bridgehead atoms. The van der Waals surface area contributed by atoms with Gasteiger partial charge in [-0.1, -0.05) is 40.2 Å². The summed E-state index contributed by atoms with van der Waals surface area (Å²) in [5.74, 6) is 0. The summed E-state index contributed by atoms with van der Waals surface area (Å²) < 4.78 is 0. The highest BCUT2D eigenvalue weighted by Crippen LogP contribution is 2.01. The molecule has 0 aliphatic heterocycles. The smallest absolute Gasteiger partial charge is 0.0271 e. The maximum absolute atomic E-state index is 3.54. The number of nitrogens with zero attached hydrogens (tertiary/aromatic N) is 1. The molecule has 0 rings (SSSR count). The minimum absolute atomic E-state index is 1.08. The normalized spacial score (nSPS) is 12.2. The highest BCUT2D eigenvalue weighted by atomic mass is 15.1. The number of allylic oxidation sites excluding steroid dienone is 2. The van der Waals surface area contributed by atoms with E-state index >= 15 is 0 Å². The summed E-state index contributed by atoms with van der Waals surface area (Å²) in [6, 6.07) is 0. The molecular formula is C13H28N2. The fraction of sp³-hybridized carbons (Fsp3) is 0.846. The van der Waals surface area contributed by atoms with Crippen molar-refractivity contribution < 1.29 is 0 Å². The Bertz CT molecular complexity index is 160. The molecule has 0 radical (unpaired) electrons. The molecule has 1 N–H and O–H groups in total. The summed E-state index contributed by atoms with van der Waals surface area (Å²) >= 11 is 0. The van der Waals surface area contributed by atoms with Gasteiger partial charge in [0.1, 0.15) is 0 Å². The van der Waals surface area contributed by atoms with E-state index in [1.165, 1.54) is 18.5 Å². The second-order valence-electron chi connectivity index (χ2n) is 3.84. The van der Waals surface area contributed by atoms with Crippen molar-refractivity contribution in [1.29, 1.82) is 0 Å². The Hall–Kier alpha value is -0.500. The van der Waals surface area contributed by atoms with Crippen LogP contribution in [0.4, 0.5) is 0 Å². The molecule has 0 aromatic rings. The summed E-state index contributed by atoms with van der Waals surface area (Å²) in [6.07, 6.45) is 5.86. The molecule has 0 aromatic heterocycles. The molecule has 0 aromatic carbocycles. The van der Waals surface area contributed by atoms with Crippen molar-refractivity contribution in [3.8, 4) is 0 Å². The minimum Gasteiger partial charge on any atom is -0.387 e. The van der Waals surface area contributed by atoms with Crippen molar-refractivity contribution in [3.63, 3.8) is 0 Å². The van der Waals surface area contributed by atoms with E-state index in [-0.39, 0.29) is 0 Å². The van der Waals surface area contributed by atoms with Crippen LogP contribution >= 0.6 is 0 Å². The van der Waals surface area contributed by atoms with E-state index in [4.69, 9.17) is 0 Å². The minimum atomic E-state index is 1.08. The predicted molar refractivity (Wildman–Crippen MR) is 69.1 cm³/mol. The molecule has 0 aliphatic rings. The van der Waals surface area contributed by atoms with E-state index in [0.717, 1.165) is 32.6 Å². The third kappa shape index (κ3) is 7.43. The molecule has 0 amide bonds. The second-order valence-corrected chi connectivity index (χ2v) is 3.84. The van der Waals surface area contributed by atoms with Crippen LogP contribution in [0.25, 0.3) is 0 Å². The molecule has 0 saturated carbocycles. The number of hydrogen-bond donors (Lipinski definition) is 1. The molecule has 0 saturated heterocycles. The van der Waals surface area contributed by atoms with Crippen molar-refractivity contribution >= 4 is 0 Å². The maximum atomic E-state index is 3.54. The molecule has 0 spiro atoms. The van der Waals surface area contributed by atoms with Crippen molar-refractivity contribution in [2.24, 2.45) is 0 Å². The lowest BCUT2D eigenvalue weighted by Gasteiger charge is -2.19. The van der Waals surface area contributed by atoms with Crippen LogP contribution < -0.4 is 5.32 Å². The first-order valence-corrected chi connectivity index (χ1v) is 6.43. The van der Waals surface area contributed by atoms with Gasteiger partial charge in [-0.25, -0.2) is 0 Å². The Balaban J connectivity index is 3.74. The van der Waals surface area contributed by atoms with E-state index in [1.807, 2.05) is 0 Å². The standard InChI is InChI=1S/C13H28N2/c1-5-9-13(10-6-2)14-11-12-15(7-3)8-4/h9,14H,5-8,10-12H2,1-4H3/b13-9-. The number of rotatable bonds is 9. The van der Waals surface area contributed by atoms with Gasteiger partial charge in [0.25, 0.3) is 0 Å². The Kier molecular flexibility index (Phi) is 9.70. The quantitative estimate of drug-likeness (QED) is 0.632. The number of likely N-dealkylation sites (N-methyl/N-ethyl adjacent to an activating group) is 1. The molecule has 15 heavy (non-hydrogen) atoms. The summed E-state index contributed by atoms with van der Waals surface area (Å²) in [7, 11) is 0. The Morgan fingerprint density at radius 2 is 1.80 bits per heavy atom. The lowest BCUT2D eigenvalue weighted by molar-refractivity contribution is 0.305. The van der Waals surface area contributed by atoms with Gasteiger partial charge in [0.15, 0.2) is 0 Å². The summed E-state index contributed by atoms with van der Waals surface area (Å²) in [4.78, 5) is 2.45. The zero-order chi connectivity index (χ0) is 11.5. The molecule has 2 nitrogen and oxygen atoms in total. The highest BCUT2D eigenvalue weighted by molar-refractivity contribution is 4.98. The molecule has 0 atom stereocenters. The third-order valence-electron chi connectivity index (χ3n) is 2.64. The maximum Gasteiger partial charge on any atom is 0.0271 e. The van der Waals surface area contributed by atoms with Crippen molar-refractivity contribution in [3.05, 3.63) is 11.8 Å².